The first-order chi connectivity index (χ1) is 17.2. The quantitative estimate of drug-likeness (QED) is 0.357. The lowest BCUT2D eigenvalue weighted by Gasteiger charge is -2.39. The minimum atomic E-state index is -1.41. The van der Waals surface area contributed by atoms with Crippen molar-refractivity contribution >= 4 is 0 Å². The van der Waals surface area contributed by atoms with E-state index in [1.165, 1.54) is 14.2 Å². The molecule has 2 aliphatic heterocycles. The highest BCUT2D eigenvalue weighted by Crippen LogP contribution is 2.43. The summed E-state index contributed by atoms with van der Waals surface area (Å²) in [7, 11) is 2.96. The highest BCUT2D eigenvalue weighted by molar-refractivity contribution is 5.43. The number of ether oxygens (including phenoxy) is 5. The number of hydrogen-bond acceptors (Lipinski definition) is 10. The van der Waals surface area contributed by atoms with Crippen molar-refractivity contribution < 1.29 is 49.2 Å². The number of methoxy groups -OCH3 is 2. The summed E-state index contributed by atoms with van der Waals surface area (Å²) in [6, 6.07) is 10.2. The van der Waals surface area contributed by atoms with E-state index in [1.54, 1.807) is 37.3 Å². The number of phenolic OH excluding ortho intramolecular Hbond substituents is 2. The van der Waals surface area contributed by atoms with Crippen LogP contribution in [0.25, 0.3) is 0 Å². The van der Waals surface area contributed by atoms with Crippen LogP contribution in [0.2, 0.25) is 0 Å². The third kappa shape index (κ3) is 5.39. The van der Waals surface area contributed by atoms with E-state index in [1.807, 2.05) is 6.07 Å². The fraction of sp³-hybridized carbons (Fsp3) is 0.538. The van der Waals surface area contributed by atoms with Crippen molar-refractivity contribution in [2.75, 3.05) is 27.4 Å². The van der Waals surface area contributed by atoms with Crippen molar-refractivity contribution in [3.05, 3.63) is 47.5 Å². The van der Waals surface area contributed by atoms with E-state index in [0.29, 0.717) is 24.5 Å². The summed E-state index contributed by atoms with van der Waals surface area (Å²) in [4.78, 5) is 0. The molecule has 5 N–H and O–H groups in total. The molecule has 0 aromatic heterocycles. The normalized spacial score (nSPS) is 32.4. The molecule has 0 radical (unpaired) electrons. The number of hydrogen-bond donors (Lipinski definition) is 5. The van der Waals surface area contributed by atoms with Crippen molar-refractivity contribution in [2.24, 2.45) is 11.8 Å². The minimum absolute atomic E-state index is 0.0139. The third-order valence-corrected chi connectivity index (χ3v) is 7.02. The predicted octanol–water partition coefficient (Wildman–Crippen LogP) is 1.51. The molecule has 10 heteroatoms. The molecule has 8 atom stereocenters. The molecule has 0 amide bonds. The molecule has 0 bridgehead atoms. The largest absolute Gasteiger partial charge is 0.504 e. The number of aliphatic hydroxyl groups excluding tert-OH is 3. The molecule has 36 heavy (non-hydrogen) atoms. The zero-order valence-electron chi connectivity index (χ0n) is 20.5. The number of rotatable bonds is 8. The Morgan fingerprint density at radius 3 is 2.25 bits per heavy atom. The van der Waals surface area contributed by atoms with Gasteiger partial charge in [-0.3, -0.25) is 0 Å². The average Bonchev–Trinajstić information content (AvgIpc) is 3.27. The molecule has 2 saturated heterocycles. The van der Waals surface area contributed by atoms with E-state index >= 15 is 0 Å². The second-order valence-corrected chi connectivity index (χ2v) is 9.33. The average molecular weight is 507 g/mol. The van der Waals surface area contributed by atoms with Crippen molar-refractivity contribution in [2.45, 2.75) is 50.2 Å². The van der Waals surface area contributed by atoms with Gasteiger partial charge in [-0.1, -0.05) is 12.1 Å². The number of phenols is 2. The minimum Gasteiger partial charge on any atom is -0.504 e. The van der Waals surface area contributed by atoms with Gasteiger partial charge < -0.3 is 49.2 Å². The number of benzene rings is 2. The standard InChI is InChI=1S/C26H34O10/c1-13-22(29)23(30)24(31)26(36-13)35-12-17-16(8-14-4-6-18(27)20(9-14)32-2)11-34-25(17)15-5-7-19(28)21(10-15)33-3/h4-7,9-10,13,16-17,22-31H,8,11-12H2,1-3H3/t13-,16+,17+,22-,23+,24+,25-,26+/m0/s1. The van der Waals surface area contributed by atoms with Crippen LogP contribution in [0.3, 0.4) is 0 Å². The molecule has 198 valence electrons. The number of aliphatic hydroxyl groups is 3. The van der Waals surface area contributed by atoms with E-state index in [-0.39, 0.29) is 29.9 Å². The zero-order chi connectivity index (χ0) is 26.0. The lowest BCUT2D eigenvalue weighted by atomic mass is 9.84. The fourth-order valence-corrected chi connectivity index (χ4v) is 4.88. The van der Waals surface area contributed by atoms with Gasteiger partial charge in [0.1, 0.15) is 18.3 Å². The summed E-state index contributed by atoms with van der Waals surface area (Å²) in [5.41, 5.74) is 1.73. The van der Waals surface area contributed by atoms with E-state index in [2.05, 4.69) is 0 Å². The molecule has 2 aliphatic rings. The van der Waals surface area contributed by atoms with Crippen molar-refractivity contribution in [1.29, 1.82) is 0 Å². The van der Waals surface area contributed by atoms with Gasteiger partial charge in [0.2, 0.25) is 0 Å². The van der Waals surface area contributed by atoms with Gasteiger partial charge in [-0.15, -0.1) is 0 Å². The fourth-order valence-electron chi connectivity index (χ4n) is 4.88. The van der Waals surface area contributed by atoms with E-state index in [0.717, 1.165) is 11.1 Å². The maximum Gasteiger partial charge on any atom is 0.186 e. The van der Waals surface area contributed by atoms with Crippen LogP contribution in [-0.4, -0.2) is 83.7 Å². The predicted molar refractivity (Wildman–Crippen MR) is 127 cm³/mol. The van der Waals surface area contributed by atoms with Crippen molar-refractivity contribution in [3.63, 3.8) is 0 Å². The maximum absolute atomic E-state index is 10.4. The first-order valence-corrected chi connectivity index (χ1v) is 11.9. The summed E-state index contributed by atoms with van der Waals surface area (Å²) < 4.78 is 28.3. The summed E-state index contributed by atoms with van der Waals surface area (Å²) in [5.74, 6) is 0.543. The van der Waals surface area contributed by atoms with Crippen LogP contribution in [0.1, 0.15) is 24.2 Å². The van der Waals surface area contributed by atoms with Gasteiger partial charge in [-0.2, -0.15) is 0 Å². The van der Waals surface area contributed by atoms with Gasteiger partial charge in [0.05, 0.1) is 39.6 Å². The van der Waals surface area contributed by atoms with Crippen molar-refractivity contribution in [3.8, 4) is 23.0 Å². The lowest BCUT2D eigenvalue weighted by Crippen LogP contribution is -2.57. The Kier molecular flexibility index (Phi) is 8.23. The molecule has 0 saturated carbocycles. The molecule has 2 aromatic carbocycles. The Morgan fingerprint density at radius 1 is 0.889 bits per heavy atom. The van der Waals surface area contributed by atoms with Crippen LogP contribution >= 0.6 is 0 Å². The maximum atomic E-state index is 10.4. The smallest absolute Gasteiger partial charge is 0.186 e. The summed E-state index contributed by atoms with van der Waals surface area (Å²) in [6.45, 7) is 2.14. The molecule has 2 aromatic rings. The lowest BCUT2D eigenvalue weighted by molar-refractivity contribution is -0.296. The van der Waals surface area contributed by atoms with Crippen LogP contribution in [0, 0.1) is 11.8 Å². The first kappa shape index (κ1) is 26.5. The van der Waals surface area contributed by atoms with Crippen LogP contribution < -0.4 is 9.47 Å². The molecular formula is C26H34O10. The summed E-state index contributed by atoms with van der Waals surface area (Å²) in [6.07, 6.45) is -5.67. The second kappa shape index (κ2) is 11.2. The molecule has 0 aliphatic carbocycles. The van der Waals surface area contributed by atoms with Gasteiger partial charge in [0.25, 0.3) is 0 Å². The highest BCUT2D eigenvalue weighted by Gasteiger charge is 2.44. The van der Waals surface area contributed by atoms with Crippen LogP contribution in [0.5, 0.6) is 23.0 Å². The number of aromatic hydroxyl groups is 2. The molecule has 4 rings (SSSR count). The monoisotopic (exact) mass is 506 g/mol. The van der Waals surface area contributed by atoms with Gasteiger partial charge in [-0.25, -0.2) is 0 Å². The zero-order valence-corrected chi connectivity index (χ0v) is 20.5. The summed E-state index contributed by atoms with van der Waals surface area (Å²) >= 11 is 0. The van der Waals surface area contributed by atoms with E-state index in [9.17, 15) is 25.5 Å². The van der Waals surface area contributed by atoms with E-state index < -0.39 is 36.8 Å². The molecule has 2 fully saturated rings. The van der Waals surface area contributed by atoms with Crippen LogP contribution in [-0.2, 0) is 20.6 Å². The van der Waals surface area contributed by atoms with Crippen LogP contribution in [0.15, 0.2) is 36.4 Å². The topological polar surface area (TPSA) is 147 Å². The van der Waals surface area contributed by atoms with Gasteiger partial charge in [0.15, 0.2) is 29.3 Å². The SMILES string of the molecule is COc1cc(C[C@@H]2CO[C@@H](c3ccc(O)c(OC)c3)[C@@H]2CO[C@@H]2O[C@@H](C)[C@H](O)[C@@H](O)[C@H]2O)ccc1O. The Balaban J connectivity index is 1.57. The highest BCUT2D eigenvalue weighted by atomic mass is 16.7. The Morgan fingerprint density at radius 2 is 1.56 bits per heavy atom. The van der Waals surface area contributed by atoms with Gasteiger partial charge >= 0.3 is 0 Å². The summed E-state index contributed by atoms with van der Waals surface area (Å²) in [5, 5.41) is 50.5. The Hall–Kier alpha value is -2.60. The molecular weight excluding hydrogens is 472 g/mol. The van der Waals surface area contributed by atoms with Crippen LogP contribution in [0.4, 0.5) is 0 Å². The molecule has 10 nitrogen and oxygen atoms in total. The third-order valence-electron chi connectivity index (χ3n) is 7.02. The van der Waals surface area contributed by atoms with Crippen molar-refractivity contribution in [1.82, 2.24) is 0 Å². The Bertz CT molecular complexity index is 1030. The van der Waals surface area contributed by atoms with E-state index in [4.69, 9.17) is 23.7 Å². The van der Waals surface area contributed by atoms with Gasteiger partial charge in [-0.05, 0) is 54.7 Å². The molecule has 0 unspecified atom stereocenters. The molecule has 0 spiro atoms. The first-order valence-electron chi connectivity index (χ1n) is 11.9. The molecule has 2 heterocycles. The Labute approximate surface area is 209 Å². The second-order valence-electron chi connectivity index (χ2n) is 9.33. The van der Waals surface area contributed by atoms with Gasteiger partial charge in [0, 0.05) is 5.92 Å².